The molecule has 1 saturated heterocycles. The second kappa shape index (κ2) is 4.19. The first-order chi connectivity index (χ1) is 6.72. The van der Waals surface area contributed by atoms with E-state index in [1.807, 2.05) is 0 Å². The SMILES string of the molecule is CC(C)C1CCCC2(C1)NCCCO2. The van der Waals surface area contributed by atoms with Crippen molar-refractivity contribution in [1.29, 1.82) is 0 Å². The standard InChI is InChI=1S/C12H23NO/c1-10(2)11-5-3-6-12(9-11)13-7-4-8-14-12/h10-11,13H,3-9H2,1-2H3. The van der Waals surface area contributed by atoms with Gasteiger partial charge >= 0.3 is 0 Å². The third-order valence-corrected chi connectivity index (χ3v) is 3.84. The molecule has 2 atom stereocenters. The predicted octanol–water partition coefficient (Wildman–Crippen LogP) is 2.54. The van der Waals surface area contributed by atoms with Gasteiger partial charge in [-0.2, -0.15) is 0 Å². The van der Waals surface area contributed by atoms with Crippen LogP contribution in [0.5, 0.6) is 0 Å². The first kappa shape index (κ1) is 10.4. The Balaban J connectivity index is 1.97. The Morgan fingerprint density at radius 2 is 2.21 bits per heavy atom. The summed E-state index contributed by atoms with van der Waals surface area (Å²) in [6.45, 7) is 6.78. The lowest BCUT2D eigenvalue weighted by Crippen LogP contribution is -2.54. The van der Waals surface area contributed by atoms with Gasteiger partial charge in [-0.15, -0.1) is 0 Å². The summed E-state index contributed by atoms with van der Waals surface area (Å²) in [7, 11) is 0. The van der Waals surface area contributed by atoms with Crippen molar-refractivity contribution in [2.75, 3.05) is 13.2 Å². The number of hydrogen-bond acceptors (Lipinski definition) is 2. The van der Waals surface area contributed by atoms with E-state index in [1.54, 1.807) is 0 Å². The van der Waals surface area contributed by atoms with Gasteiger partial charge in [0.05, 0.1) is 6.61 Å². The van der Waals surface area contributed by atoms with E-state index in [0.29, 0.717) is 0 Å². The Morgan fingerprint density at radius 3 is 2.86 bits per heavy atom. The van der Waals surface area contributed by atoms with Gasteiger partial charge in [0, 0.05) is 0 Å². The summed E-state index contributed by atoms with van der Waals surface area (Å²) in [5.74, 6) is 1.66. The molecule has 1 aliphatic heterocycles. The molecular formula is C12H23NO. The van der Waals surface area contributed by atoms with Crippen molar-refractivity contribution in [2.24, 2.45) is 11.8 Å². The topological polar surface area (TPSA) is 21.3 Å². The van der Waals surface area contributed by atoms with Crippen LogP contribution in [0.1, 0.15) is 46.0 Å². The molecule has 1 saturated carbocycles. The highest BCUT2D eigenvalue weighted by Gasteiger charge is 2.38. The van der Waals surface area contributed by atoms with Crippen LogP contribution in [0.25, 0.3) is 0 Å². The van der Waals surface area contributed by atoms with Crippen molar-refractivity contribution >= 4 is 0 Å². The summed E-state index contributed by atoms with van der Waals surface area (Å²) < 4.78 is 5.98. The second-order valence-corrected chi connectivity index (χ2v) is 5.22. The number of ether oxygens (including phenoxy) is 1. The second-order valence-electron chi connectivity index (χ2n) is 5.22. The molecule has 2 fully saturated rings. The Bertz CT molecular complexity index is 179. The van der Waals surface area contributed by atoms with Gasteiger partial charge in [-0.1, -0.05) is 13.8 Å². The molecule has 0 bridgehead atoms. The van der Waals surface area contributed by atoms with Gasteiger partial charge in [-0.25, -0.2) is 0 Å². The summed E-state index contributed by atoms with van der Waals surface area (Å²) in [5.41, 5.74) is 0.0609. The van der Waals surface area contributed by atoms with Crippen LogP contribution < -0.4 is 5.32 Å². The minimum Gasteiger partial charge on any atom is -0.361 e. The molecule has 82 valence electrons. The Kier molecular flexibility index (Phi) is 3.13. The molecule has 2 heteroatoms. The van der Waals surface area contributed by atoms with Gasteiger partial charge in [0.15, 0.2) is 0 Å². The molecule has 14 heavy (non-hydrogen) atoms. The molecule has 0 radical (unpaired) electrons. The maximum atomic E-state index is 5.98. The van der Waals surface area contributed by atoms with Crippen molar-refractivity contribution in [3.05, 3.63) is 0 Å². The molecule has 0 amide bonds. The molecule has 1 heterocycles. The lowest BCUT2D eigenvalue weighted by molar-refractivity contribution is -0.130. The smallest absolute Gasteiger partial charge is 0.119 e. The molecular weight excluding hydrogens is 174 g/mol. The van der Waals surface area contributed by atoms with E-state index in [4.69, 9.17) is 4.74 Å². The zero-order valence-corrected chi connectivity index (χ0v) is 9.51. The maximum absolute atomic E-state index is 5.98. The Hall–Kier alpha value is -0.0800. The van der Waals surface area contributed by atoms with Gasteiger partial charge in [0.1, 0.15) is 5.72 Å². The van der Waals surface area contributed by atoms with Crippen molar-refractivity contribution in [1.82, 2.24) is 5.32 Å². The number of nitrogens with one attached hydrogen (secondary N) is 1. The summed E-state index contributed by atoms with van der Waals surface area (Å²) in [4.78, 5) is 0. The van der Waals surface area contributed by atoms with Crippen LogP contribution in [-0.2, 0) is 4.74 Å². The van der Waals surface area contributed by atoms with Crippen LogP contribution in [0.4, 0.5) is 0 Å². The molecule has 1 N–H and O–H groups in total. The normalized spacial score (nSPS) is 39.2. The number of hydrogen-bond donors (Lipinski definition) is 1. The summed E-state index contributed by atoms with van der Waals surface area (Å²) >= 11 is 0. The average Bonchev–Trinajstić information content (AvgIpc) is 2.19. The van der Waals surface area contributed by atoms with E-state index in [1.165, 1.54) is 32.1 Å². The van der Waals surface area contributed by atoms with E-state index >= 15 is 0 Å². The lowest BCUT2D eigenvalue weighted by atomic mass is 9.77. The minimum atomic E-state index is 0.0609. The predicted molar refractivity (Wildman–Crippen MR) is 58.1 cm³/mol. The van der Waals surface area contributed by atoms with Crippen molar-refractivity contribution in [2.45, 2.75) is 51.7 Å². The fourth-order valence-electron chi connectivity index (χ4n) is 2.85. The maximum Gasteiger partial charge on any atom is 0.119 e. The van der Waals surface area contributed by atoms with Gasteiger partial charge in [-0.05, 0) is 50.5 Å². The minimum absolute atomic E-state index is 0.0609. The molecule has 2 unspecified atom stereocenters. The molecule has 1 spiro atoms. The molecule has 0 aromatic carbocycles. The monoisotopic (exact) mass is 197 g/mol. The van der Waals surface area contributed by atoms with Crippen LogP contribution in [-0.4, -0.2) is 18.9 Å². The average molecular weight is 197 g/mol. The third kappa shape index (κ3) is 2.12. The van der Waals surface area contributed by atoms with Crippen LogP contribution in [0, 0.1) is 11.8 Å². The zero-order valence-electron chi connectivity index (χ0n) is 9.51. The largest absolute Gasteiger partial charge is 0.361 e. The van der Waals surface area contributed by atoms with Crippen molar-refractivity contribution in [3.8, 4) is 0 Å². The zero-order chi connectivity index (χ0) is 10.0. The molecule has 1 aliphatic carbocycles. The summed E-state index contributed by atoms with van der Waals surface area (Å²) in [6.07, 6.45) is 6.34. The van der Waals surface area contributed by atoms with E-state index in [0.717, 1.165) is 25.0 Å². The van der Waals surface area contributed by atoms with Gasteiger partial charge in [0.2, 0.25) is 0 Å². The van der Waals surface area contributed by atoms with Crippen molar-refractivity contribution in [3.63, 3.8) is 0 Å². The molecule has 2 nitrogen and oxygen atoms in total. The van der Waals surface area contributed by atoms with Crippen molar-refractivity contribution < 1.29 is 4.74 Å². The summed E-state index contributed by atoms with van der Waals surface area (Å²) in [6, 6.07) is 0. The molecule has 0 aromatic heterocycles. The van der Waals surface area contributed by atoms with Crippen LogP contribution in [0.15, 0.2) is 0 Å². The number of rotatable bonds is 1. The van der Waals surface area contributed by atoms with Gasteiger partial charge in [0.25, 0.3) is 0 Å². The van der Waals surface area contributed by atoms with Gasteiger partial charge in [-0.3, -0.25) is 5.32 Å². The lowest BCUT2D eigenvalue weighted by Gasteiger charge is -2.45. The van der Waals surface area contributed by atoms with Crippen LogP contribution >= 0.6 is 0 Å². The first-order valence-corrected chi connectivity index (χ1v) is 6.11. The third-order valence-electron chi connectivity index (χ3n) is 3.84. The quantitative estimate of drug-likeness (QED) is 0.697. The Labute approximate surface area is 87.4 Å². The summed E-state index contributed by atoms with van der Waals surface area (Å²) in [5, 5.41) is 3.60. The van der Waals surface area contributed by atoms with E-state index < -0.39 is 0 Å². The fourth-order valence-corrected chi connectivity index (χ4v) is 2.85. The molecule has 2 aliphatic rings. The van der Waals surface area contributed by atoms with Crippen LogP contribution in [0.2, 0.25) is 0 Å². The highest BCUT2D eigenvalue weighted by molar-refractivity contribution is 4.88. The highest BCUT2D eigenvalue weighted by Crippen LogP contribution is 2.38. The molecule has 0 aromatic rings. The highest BCUT2D eigenvalue weighted by atomic mass is 16.5. The fraction of sp³-hybridized carbons (Fsp3) is 1.00. The van der Waals surface area contributed by atoms with Crippen LogP contribution in [0.3, 0.4) is 0 Å². The van der Waals surface area contributed by atoms with E-state index in [-0.39, 0.29) is 5.72 Å². The van der Waals surface area contributed by atoms with Gasteiger partial charge < -0.3 is 4.74 Å². The van der Waals surface area contributed by atoms with E-state index in [2.05, 4.69) is 19.2 Å². The first-order valence-electron chi connectivity index (χ1n) is 6.11. The Morgan fingerprint density at radius 1 is 1.36 bits per heavy atom. The molecule has 2 rings (SSSR count). The van der Waals surface area contributed by atoms with E-state index in [9.17, 15) is 0 Å².